The van der Waals surface area contributed by atoms with E-state index in [1.807, 2.05) is 0 Å². The second-order valence-electron chi connectivity index (χ2n) is 3.59. The SMILES string of the molecule is Nc1cn(C2CCOCC2)c(=O)[nH]c1=O. The first kappa shape index (κ1) is 9.97. The summed E-state index contributed by atoms with van der Waals surface area (Å²) in [6.07, 6.45) is 2.95. The molecule has 6 nitrogen and oxygen atoms in total. The first-order valence-corrected chi connectivity index (χ1v) is 4.87. The summed E-state index contributed by atoms with van der Waals surface area (Å²) in [5, 5.41) is 0. The van der Waals surface area contributed by atoms with Crippen molar-refractivity contribution < 1.29 is 4.74 Å². The molecule has 0 saturated carbocycles. The molecule has 0 bridgehead atoms. The van der Waals surface area contributed by atoms with Crippen molar-refractivity contribution >= 4 is 5.69 Å². The normalized spacial score (nSPS) is 17.9. The van der Waals surface area contributed by atoms with Crippen LogP contribution in [0, 0.1) is 0 Å². The molecule has 0 unspecified atom stereocenters. The van der Waals surface area contributed by atoms with Gasteiger partial charge in [0.25, 0.3) is 5.56 Å². The molecule has 15 heavy (non-hydrogen) atoms. The number of nitrogen functional groups attached to an aromatic ring is 1. The first-order valence-electron chi connectivity index (χ1n) is 4.87. The molecule has 1 aromatic rings. The van der Waals surface area contributed by atoms with Gasteiger partial charge in [0.1, 0.15) is 5.69 Å². The Morgan fingerprint density at radius 3 is 2.73 bits per heavy atom. The summed E-state index contributed by atoms with van der Waals surface area (Å²) in [6, 6.07) is 0.0744. The van der Waals surface area contributed by atoms with Gasteiger partial charge in [0.05, 0.1) is 0 Å². The van der Waals surface area contributed by atoms with Crippen molar-refractivity contribution in [3.8, 4) is 0 Å². The number of anilines is 1. The zero-order chi connectivity index (χ0) is 10.8. The maximum atomic E-state index is 11.5. The Labute approximate surface area is 85.7 Å². The number of hydrogen-bond donors (Lipinski definition) is 2. The Morgan fingerprint density at radius 1 is 1.40 bits per heavy atom. The first-order chi connectivity index (χ1) is 7.18. The van der Waals surface area contributed by atoms with Crippen LogP contribution >= 0.6 is 0 Å². The van der Waals surface area contributed by atoms with Gasteiger partial charge in [0, 0.05) is 25.5 Å². The van der Waals surface area contributed by atoms with Gasteiger partial charge in [-0.15, -0.1) is 0 Å². The molecule has 0 aliphatic carbocycles. The predicted molar refractivity (Wildman–Crippen MR) is 54.8 cm³/mol. The molecule has 1 fully saturated rings. The second-order valence-corrected chi connectivity index (χ2v) is 3.59. The molecule has 3 N–H and O–H groups in total. The summed E-state index contributed by atoms with van der Waals surface area (Å²) in [6.45, 7) is 1.27. The average Bonchev–Trinajstić information content (AvgIpc) is 2.25. The van der Waals surface area contributed by atoms with Crippen LogP contribution in [0.2, 0.25) is 0 Å². The average molecular weight is 211 g/mol. The van der Waals surface area contributed by atoms with Crippen molar-refractivity contribution in [2.75, 3.05) is 18.9 Å². The van der Waals surface area contributed by atoms with Crippen molar-refractivity contribution in [2.45, 2.75) is 18.9 Å². The highest BCUT2D eigenvalue weighted by Gasteiger charge is 2.17. The van der Waals surface area contributed by atoms with Gasteiger partial charge in [-0.25, -0.2) is 4.79 Å². The quantitative estimate of drug-likeness (QED) is 0.653. The number of hydrogen-bond acceptors (Lipinski definition) is 4. The second kappa shape index (κ2) is 3.90. The summed E-state index contributed by atoms with van der Waals surface area (Å²) < 4.78 is 6.68. The van der Waals surface area contributed by atoms with Crippen molar-refractivity contribution in [1.82, 2.24) is 9.55 Å². The van der Waals surface area contributed by atoms with Crippen molar-refractivity contribution in [2.24, 2.45) is 0 Å². The molecule has 2 heterocycles. The van der Waals surface area contributed by atoms with E-state index >= 15 is 0 Å². The Bertz CT molecular complexity index is 456. The molecule has 6 heteroatoms. The molecule has 0 aromatic carbocycles. The summed E-state index contributed by atoms with van der Waals surface area (Å²) in [4.78, 5) is 24.7. The smallest absolute Gasteiger partial charge is 0.328 e. The fourth-order valence-corrected chi connectivity index (χ4v) is 1.74. The molecule has 1 aromatic heterocycles. The molecule has 1 saturated heterocycles. The summed E-state index contributed by atoms with van der Waals surface area (Å²) >= 11 is 0. The van der Waals surface area contributed by atoms with Crippen molar-refractivity contribution in [1.29, 1.82) is 0 Å². The van der Waals surface area contributed by atoms with Crippen LogP contribution in [0.5, 0.6) is 0 Å². The van der Waals surface area contributed by atoms with E-state index in [1.54, 1.807) is 0 Å². The molecule has 1 aliphatic heterocycles. The topological polar surface area (TPSA) is 90.1 Å². The van der Waals surface area contributed by atoms with Crippen molar-refractivity contribution in [3.63, 3.8) is 0 Å². The minimum atomic E-state index is -0.525. The Kier molecular flexibility index (Phi) is 2.59. The number of H-pyrrole nitrogens is 1. The van der Waals surface area contributed by atoms with Crippen LogP contribution < -0.4 is 17.0 Å². The highest BCUT2D eigenvalue weighted by Crippen LogP contribution is 2.18. The third kappa shape index (κ3) is 1.94. The molecular weight excluding hydrogens is 198 g/mol. The van der Waals surface area contributed by atoms with Gasteiger partial charge in [-0.05, 0) is 12.8 Å². The molecule has 0 atom stereocenters. The zero-order valence-corrected chi connectivity index (χ0v) is 8.23. The molecular formula is C9H13N3O3. The molecule has 82 valence electrons. The lowest BCUT2D eigenvalue weighted by atomic mass is 10.1. The van der Waals surface area contributed by atoms with E-state index in [2.05, 4.69) is 4.98 Å². The largest absolute Gasteiger partial charge is 0.393 e. The van der Waals surface area contributed by atoms with Crippen LogP contribution in [0.1, 0.15) is 18.9 Å². The lowest BCUT2D eigenvalue weighted by Crippen LogP contribution is -2.35. The number of ether oxygens (including phenoxy) is 1. The Morgan fingerprint density at radius 2 is 2.07 bits per heavy atom. The number of nitrogens with one attached hydrogen (secondary N) is 1. The van der Waals surface area contributed by atoms with E-state index in [1.165, 1.54) is 10.8 Å². The van der Waals surface area contributed by atoms with Gasteiger partial charge in [0.15, 0.2) is 0 Å². The third-order valence-corrected chi connectivity index (χ3v) is 2.58. The van der Waals surface area contributed by atoms with Gasteiger partial charge in [-0.1, -0.05) is 0 Å². The van der Waals surface area contributed by atoms with E-state index in [0.717, 1.165) is 12.8 Å². The lowest BCUT2D eigenvalue weighted by Gasteiger charge is -2.23. The molecule has 1 aliphatic rings. The Balaban J connectivity index is 2.39. The van der Waals surface area contributed by atoms with Gasteiger partial charge in [-0.3, -0.25) is 14.3 Å². The minimum absolute atomic E-state index is 0.0705. The summed E-state index contributed by atoms with van der Waals surface area (Å²) in [7, 11) is 0. The number of nitrogens with two attached hydrogens (primary N) is 1. The highest BCUT2D eigenvalue weighted by atomic mass is 16.5. The van der Waals surface area contributed by atoms with Crippen molar-refractivity contribution in [3.05, 3.63) is 27.0 Å². The van der Waals surface area contributed by atoms with E-state index in [-0.39, 0.29) is 11.7 Å². The van der Waals surface area contributed by atoms with Crippen LogP contribution in [0.15, 0.2) is 15.8 Å². The highest BCUT2D eigenvalue weighted by molar-refractivity contribution is 5.30. The molecule has 0 radical (unpaired) electrons. The molecule has 0 amide bonds. The predicted octanol–water partition coefficient (Wildman–Crippen LogP) is -0.530. The fraction of sp³-hybridized carbons (Fsp3) is 0.556. The van der Waals surface area contributed by atoms with Crippen LogP contribution in [0.3, 0.4) is 0 Å². The van der Waals surface area contributed by atoms with E-state index in [4.69, 9.17) is 10.5 Å². The zero-order valence-electron chi connectivity index (χ0n) is 8.23. The third-order valence-electron chi connectivity index (χ3n) is 2.58. The Hall–Kier alpha value is -1.56. The van der Waals surface area contributed by atoms with Gasteiger partial charge in [-0.2, -0.15) is 0 Å². The summed E-state index contributed by atoms with van der Waals surface area (Å²) in [5.41, 5.74) is 4.61. The standard InChI is InChI=1S/C9H13N3O3/c10-7-5-12(9(14)11-8(7)13)6-1-3-15-4-2-6/h5-6H,1-4,10H2,(H,11,13,14). The van der Waals surface area contributed by atoms with Gasteiger partial charge in [0.2, 0.25) is 0 Å². The monoisotopic (exact) mass is 211 g/mol. The number of rotatable bonds is 1. The summed E-state index contributed by atoms with van der Waals surface area (Å²) in [5.74, 6) is 0. The maximum absolute atomic E-state index is 11.5. The van der Waals surface area contributed by atoms with E-state index < -0.39 is 11.2 Å². The van der Waals surface area contributed by atoms with Gasteiger partial charge < -0.3 is 10.5 Å². The fourth-order valence-electron chi connectivity index (χ4n) is 1.74. The maximum Gasteiger partial charge on any atom is 0.328 e. The van der Waals surface area contributed by atoms with Crippen LogP contribution in [0.4, 0.5) is 5.69 Å². The molecule has 2 rings (SSSR count). The lowest BCUT2D eigenvalue weighted by molar-refractivity contribution is 0.0683. The molecule has 0 spiro atoms. The van der Waals surface area contributed by atoms with Gasteiger partial charge >= 0.3 is 5.69 Å². The number of nitrogens with zero attached hydrogens (tertiary/aromatic N) is 1. The van der Waals surface area contributed by atoms with E-state index in [0.29, 0.717) is 13.2 Å². The van der Waals surface area contributed by atoms with Crippen LogP contribution in [0.25, 0.3) is 0 Å². The van der Waals surface area contributed by atoms with Crippen LogP contribution in [-0.2, 0) is 4.74 Å². The van der Waals surface area contributed by atoms with Crippen LogP contribution in [-0.4, -0.2) is 22.8 Å². The number of aromatic nitrogens is 2. The minimum Gasteiger partial charge on any atom is -0.393 e. The number of aromatic amines is 1. The van der Waals surface area contributed by atoms with E-state index in [9.17, 15) is 9.59 Å².